The lowest BCUT2D eigenvalue weighted by Crippen LogP contribution is -2.18. The van der Waals surface area contributed by atoms with Crippen LogP contribution in [0.2, 0.25) is 0 Å². The van der Waals surface area contributed by atoms with E-state index in [2.05, 4.69) is 15.4 Å². The van der Waals surface area contributed by atoms with Gasteiger partial charge in [0.15, 0.2) is 11.5 Å². The van der Waals surface area contributed by atoms with E-state index in [1.165, 1.54) is 25.1 Å². The Bertz CT molecular complexity index is 1370. The van der Waals surface area contributed by atoms with Crippen molar-refractivity contribution in [1.82, 2.24) is 0 Å². The van der Waals surface area contributed by atoms with Crippen molar-refractivity contribution in [2.24, 2.45) is 0 Å². The van der Waals surface area contributed by atoms with Crippen molar-refractivity contribution >= 4 is 38.9 Å². The van der Waals surface area contributed by atoms with Crippen LogP contribution in [-0.4, -0.2) is 33.4 Å². The van der Waals surface area contributed by atoms with Crippen molar-refractivity contribution < 1.29 is 27.5 Å². The number of carbonyl (C=O) groups is 2. The van der Waals surface area contributed by atoms with E-state index in [0.29, 0.717) is 36.1 Å². The first-order valence-electron chi connectivity index (χ1n) is 10.4. The maximum absolute atomic E-state index is 12.9. The number of anilines is 3. The lowest BCUT2D eigenvalue weighted by Gasteiger charge is -2.19. The molecule has 0 atom stereocenters. The summed E-state index contributed by atoms with van der Waals surface area (Å²) in [6.45, 7) is 3.98. The molecular formula is C24H23N3O6S. The minimum absolute atomic E-state index is 0.00585. The Kier molecular flexibility index (Phi) is 6.42. The first kappa shape index (κ1) is 23.1. The monoisotopic (exact) mass is 481 g/mol. The van der Waals surface area contributed by atoms with Crippen LogP contribution in [0.5, 0.6) is 11.5 Å². The lowest BCUT2D eigenvalue weighted by atomic mass is 10.1. The van der Waals surface area contributed by atoms with Crippen molar-refractivity contribution in [2.45, 2.75) is 18.7 Å². The van der Waals surface area contributed by atoms with Gasteiger partial charge >= 0.3 is 0 Å². The zero-order valence-electron chi connectivity index (χ0n) is 18.5. The number of ether oxygens (including phenoxy) is 2. The maximum Gasteiger partial charge on any atom is 0.262 e. The minimum atomic E-state index is -3.94. The normalized spacial score (nSPS) is 12.5. The fourth-order valence-corrected chi connectivity index (χ4v) is 4.45. The molecular weight excluding hydrogens is 458 g/mol. The van der Waals surface area contributed by atoms with Crippen LogP contribution < -0.4 is 24.8 Å². The number of fused-ring (bicyclic) bond motifs is 1. The largest absolute Gasteiger partial charge is 0.486 e. The quantitative estimate of drug-likeness (QED) is 0.493. The number of carbonyl (C=O) groups excluding carboxylic acids is 2. The minimum Gasteiger partial charge on any atom is -0.486 e. The van der Waals surface area contributed by atoms with E-state index < -0.39 is 15.9 Å². The Labute approximate surface area is 197 Å². The Morgan fingerprint density at radius 3 is 2.38 bits per heavy atom. The molecule has 0 radical (unpaired) electrons. The second-order valence-electron chi connectivity index (χ2n) is 7.68. The molecule has 0 unspecified atom stereocenters. The van der Waals surface area contributed by atoms with Gasteiger partial charge in [0.2, 0.25) is 5.91 Å². The molecule has 3 aromatic carbocycles. The van der Waals surface area contributed by atoms with Gasteiger partial charge < -0.3 is 20.1 Å². The summed E-state index contributed by atoms with van der Waals surface area (Å²) in [7, 11) is -3.94. The molecule has 10 heteroatoms. The summed E-state index contributed by atoms with van der Waals surface area (Å²) in [5, 5.41) is 5.44. The molecule has 0 spiro atoms. The molecule has 176 valence electrons. The molecule has 0 aliphatic carbocycles. The van der Waals surface area contributed by atoms with Gasteiger partial charge in [0.05, 0.1) is 16.3 Å². The predicted molar refractivity (Wildman–Crippen MR) is 128 cm³/mol. The van der Waals surface area contributed by atoms with E-state index in [4.69, 9.17) is 9.47 Å². The third-order valence-corrected chi connectivity index (χ3v) is 6.31. The molecule has 0 bridgehead atoms. The zero-order valence-corrected chi connectivity index (χ0v) is 19.4. The summed E-state index contributed by atoms with van der Waals surface area (Å²) in [5.41, 5.74) is 2.24. The fourth-order valence-electron chi connectivity index (χ4n) is 3.38. The number of hydrogen-bond donors (Lipinski definition) is 3. The molecule has 0 fully saturated rings. The highest BCUT2D eigenvalue weighted by molar-refractivity contribution is 7.92. The number of amides is 2. The van der Waals surface area contributed by atoms with E-state index in [0.717, 1.165) is 5.56 Å². The number of aryl methyl sites for hydroxylation is 1. The summed E-state index contributed by atoms with van der Waals surface area (Å²) < 4.78 is 39.2. The van der Waals surface area contributed by atoms with Crippen LogP contribution in [0.25, 0.3) is 0 Å². The molecule has 1 aliphatic heterocycles. The van der Waals surface area contributed by atoms with Gasteiger partial charge in [-0.25, -0.2) is 8.42 Å². The average Bonchev–Trinajstić information content (AvgIpc) is 2.80. The van der Waals surface area contributed by atoms with Crippen LogP contribution in [0.3, 0.4) is 0 Å². The van der Waals surface area contributed by atoms with Crippen LogP contribution in [0.1, 0.15) is 22.8 Å². The van der Waals surface area contributed by atoms with E-state index in [1.807, 2.05) is 13.0 Å². The maximum atomic E-state index is 12.9. The second kappa shape index (κ2) is 9.44. The molecule has 0 saturated carbocycles. The molecule has 3 N–H and O–H groups in total. The van der Waals surface area contributed by atoms with Gasteiger partial charge in [-0.05, 0) is 55.0 Å². The van der Waals surface area contributed by atoms with E-state index >= 15 is 0 Å². The highest BCUT2D eigenvalue weighted by atomic mass is 32.2. The molecule has 0 saturated heterocycles. The van der Waals surface area contributed by atoms with Gasteiger partial charge in [0.25, 0.3) is 15.9 Å². The van der Waals surface area contributed by atoms with Crippen molar-refractivity contribution in [3.8, 4) is 11.5 Å². The molecule has 9 nitrogen and oxygen atoms in total. The summed E-state index contributed by atoms with van der Waals surface area (Å²) >= 11 is 0. The average molecular weight is 482 g/mol. The highest BCUT2D eigenvalue weighted by Gasteiger charge is 2.20. The van der Waals surface area contributed by atoms with E-state index in [9.17, 15) is 18.0 Å². The SMILES string of the molecule is CC(=O)Nc1ccc(C)cc1NC(=O)c1cccc(NS(=O)(=O)c2ccc3c(c2)OCCO3)c1. The van der Waals surface area contributed by atoms with Crippen LogP contribution in [-0.2, 0) is 14.8 Å². The predicted octanol–water partition coefficient (Wildman–Crippen LogP) is 3.78. The smallest absolute Gasteiger partial charge is 0.262 e. The topological polar surface area (TPSA) is 123 Å². The standard InChI is InChI=1S/C24H23N3O6S/c1-15-6-8-20(25-16(2)28)21(12-15)26-24(29)17-4-3-5-18(13-17)27-34(30,31)19-7-9-22-23(14-19)33-11-10-32-22/h3-9,12-14,27H,10-11H2,1-2H3,(H,25,28)(H,26,29). The van der Waals surface area contributed by atoms with Gasteiger partial charge in [-0.15, -0.1) is 0 Å². The van der Waals surface area contributed by atoms with Crippen molar-refractivity contribution in [3.63, 3.8) is 0 Å². The van der Waals surface area contributed by atoms with Crippen molar-refractivity contribution in [2.75, 3.05) is 28.6 Å². The van der Waals surface area contributed by atoms with Crippen LogP contribution >= 0.6 is 0 Å². The molecule has 34 heavy (non-hydrogen) atoms. The zero-order chi connectivity index (χ0) is 24.3. The molecule has 4 rings (SSSR count). The van der Waals surface area contributed by atoms with Crippen molar-refractivity contribution in [3.05, 3.63) is 71.8 Å². The van der Waals surface area contributed by atoms with E-state index in [1.54, 1.807) is 36.4 Å². The first-order chi connectivity index (χ1) is 16.2. The Morgan fingerprint density at radius 1 is 0.853 bits per heavy atom. The van der Waals surface area contributed by atoms with E-state index in [-0.39, 0.29) is 22.1 Å². The molecule has 1 aliphatic rings. The van der Waals surface area contributed by atoms with Gasteiger partial charge in [0, 0.05) is 24.2 Å². The van der Waals surface area contributed by atoms with Gasteiger partial charge in [0.1, 0.15) is 13.2 Å². The number of rotatable bonds is 6. The molecule has 2 amide bonds. The Hall–Kier alpha value is -4.05. The Balaban J connectivity index is 1.54. The van der Waals surface area contributed by atoms with Crippen molar-refractivity contribution in [1.29, 1.82) is 0 Å². The first-order valence-corrected chi connectivity index (χ1v) is 11.9. The third kappa shape index (κ3) is 5.29. The highest BCUT2D eigenvalue weighted by Crippen LogP contribution is 2.33. The van der Waals surface area contributed by atoms with Crippen LogP contribution in [0.4, 0.5) is 17.1 Å². The number of hydrogen-bond acceptors (Lipinski definition) is 6. The van der Waals surface area contributed by atoms with Gasteiger partial charge in [-0.1, -0.05) is 12.1 Å². The summed E-state index contributed by atoms with van der Waals surface area (Å²) in [4.78, 5) is 24.4. The summed E-state index contributed by atoms with van der Waals surface area (Å²) in [6.07, 6.45) is 0. The van der Waals surface area contributed by atoms with Gasteiger partial charge in [-0.2, -0.15) is 0 Å². The summed E-state index contributed by atoms with van der Waals surface area (Å²) in [6, 6.07) is 15.7. The molecule has 3 aromatic rings. The number of sulfonamides is 1. The third-order valence-electron chi connectivity index (χ3n) is 4.93. The molecule has 1 heterocycles. The number of benzene rings is 3. The molecule has 0 aromatic heterocycles. The second-order valence-corrected chi connectivity index (χ2v) is 9.36. The summed E-state index contributed by atoms with van der Waals surface area (Å²) in [5.74, 6) is 0.113. The van der Waals surface area contributed by atoms with Crippen LogP contribution in [0, 0.1) is 6.92 Å². The fraction of sp³-hybridized carbons (Fsp3) is 0.167. The Morgan fingerprint density at radius 2 is 1.62 bits per heavy atom. The van der Waals surface area contributed by atoms with Gasteiger partial charge in [-0.3, -0.25) is 14.3 Å². The lowest BCUT2D eigenvalue weighted by molar-refractivity contribution is -0.114. The number of nitrogens with one attached hydrogen (secondary N) is 3. The van der Waals surface area contributed by atoms with Crippen LogP contribution in [0.15, 0.2) is 65.6 Å².